The van der Waals surface area contributed by atoms with Crippen LogP contribution in [0.25, 0.3) is 11.1 Å². The Kier molecular flexibility index (Phi) is 8.19. The number of sulfonamides is 2. The van der Waals surface area contributed by atoms with Crippen molar-refractivity contribution in [3.05, 3.63) is 72.8 Å². The second-order valence-corrected chi connectivity index (χ2v) is 13.2. The van der Waals surface area contributed by atoms with E-state index < -0.39 is 55.4 Å². The normalized spacial score (nSPS) is 20.7. The minimum absolute atomic E-state index is 0.0200. The van der Waals surface area contributed by atoms with Crippen molar-refractivity contribution in [1.29, 1.82) is 0 Å². The fourth-order valence-corrected chi connectivity index (χ4v) is 7.41. The van der Waals surface area contributed by atoms with Gasteiger partial charge in [-0.25, -0.2) is 21.2 Å². The van der Waals surface area contributed by atoms with Gasteiger partial charge in [0.05, 0.1) is 13.2 Å². The van der Waals surface area contributed by atoms with E-state index in [1.165, 1.54) is 35.6 Å². The first-order chi connectivity index (χ1) is 18.0. The number of rotatable bonds is 7. The summed E-state index contributed by atoms with van der Waals surface area (Å²) >= 11 is 0. The number of ether oxygens (including phenoxy) is 1. The Morgan fingerprint density at radius 3 is 2.50 bits per heavy atom. The van der Waals surface area contributed by atoms with Gasteiger partial charge in [0, 0.05) is 37.9 Å². The van der Waals surface area contributed by atoms with Crippen LogP contribution in [0.15, 0.2) is 76.8 Å². The summed E-state index contributed by atoms with van der Waals surface area (Å²) in [5.41, 5.74) is 1.47. The van der Waals surface area contributed by atoms with Crippen LogP contribution in [0, 0.1) is 11.7 Å². The number of hydrogen-bond acceptors (Lipinski definition) is 7. The average Bonchev–Trinajstić information content (AvgIpc) is 2.90. The highest BCUT2D eigenvalue weighted by Crippen LogP contribution is 2.36. The highest BCUT2D eigenvalue weighted by molar-refractivity contribution is 7.89. The maximum atomic E-state index is 14.3. The molecule has 4 rings (SSSR count). The van der Waals surface area contributed by atoms with Gasteiger partial charge < -0.3 is 9.84 Å². The van der Waals surface area contributed by atoms with Gasteiger partial charge in [-0.1, -0.05) is 25.1 Å². The van der Waals surface area contributed by atoms with E-state index in [0.717, 1.165) is 15.9 Å². The first-order valence-corrected chi connectivity index (χ1v) is 14.9. The molecule has 0 spiro atoms. The van der Waals surface area contributed by atoms with Gasteiger partial charge in [-0.2, -0.15) is 8.61 Å². The molecule has 0 aliphatic carbocycles. The molecule has 9 nitrogen and oxygen atoms in total. The zero-order chi connectivity index (χ0) is 27.7. The summed E-state index contributed by atoms with van der Waals surface area (Å²) in [7, 11) is -6.93. The number of halogens is 1. The van der Waals surface area contributed by atoms with Crippen molar-refractivity contribution in [2.24, 2.45) is 5.92 Å². The number of fused-ring (bicyclic) bond motifs is 1. The van der Waals surface area contributed by atoms with Crippen molar-refractivity contribution in [3.63, 3.8) is 0 Å². The van der Waals surface area contributed by atoms with Crippen LogP contribution in [0.1, 0.15) is 13.8 Å². The smallest absolute Gasteiger partial charge is 0.247 e. The van der Waals surface area contributed by atoms with Crippen LogP contribution < -0.4 is 4.74 Å². The van der Waals surface area contributed by atoms with Crippen molar-refractivity contribution in [1.82, 2.24) is 13.6 Å². The standard InChI is InChI=1S/C26H30FN3O6S2/c1-18-15-30(19(2)17-31)38(34,35)26-9-8-21(20-10-12-28-13-11-20)14-23(26)36-24(18)16-29(3)37(32,33)25-7-5-4-6-22(25)27/h4-14,18-19,24,31H,15-17H2,1-3H3/t18-,19+,24-/m0/s1. The molecule has 2 aromatic carbocycles. The number of hydrogen-bond donors (Lipinski definition) is 1. The van der Waals surface area contributed by atoms with E-state index >= 15 is 0 Å². The Morgan fingerprint density at radius 2 is 1.84 bits per heavy atom. The first-order valence-electron chi connectivity index (χ1n) is 12.0. The molecule has 0 radical (unpaired) electrons. The maximum absolute atomic E-state index is 14.3. The molecular formula is C26H30FN3O6S2. The summed E-state index contributed by atoms with van der Waals surface area (Å²) < 4.78 is 76.5. The molecular weight excluding hydrogens is 533 g/mol. The fraction of sp³-hybridized carbons (Fsp3) is 0.346. The number of aliphatic hydroxyl groups excluding tert-OH is 1. The Morgan fingerprint density at radius 1 is 1.16 bits per heavy atom. The summed E-state index contributed by atoms with van der Waals surface area (Å²) in [4.78, 5) is 3.46. The molecule has 0 saturated carbocycles. The second kappa shape index (κ2) is 11.1. The summed E-state index contributed by atoms with van der Waals surface area (Å²) in [5, 5.41) is 9.81. The number of likely N-dealkylation sites (N-methyl/N-ethyl adjacent to an activating group) is 1. The third-order valence-corrected chi connectivity index (χ3v) is 10.5. The quantitative estimate of drug-likeness (QED) is 0.470. The fourth-order valence-electron chi connectivity index (χ4n) is 4.34. The lowest BCUT2D eigenvalue weighted by atomic mass is 10.0. The minimum atomic E-state index is -4.20. The van der Waals surface area contributed by atoms with E-state index in [1.54, 1.807) is 50.5 Å². The summed E-state index contributed by atoms with van der Waals surface area (Å²) in [5.74, 6) is -1.30. The second-order valence-electron chi connectivity index (χ2n) is 9.35. The van der Waals surface area contributed by atoms with Crippen LogP contribution >= 0.6 is 0 Å². The zero-order valence-electron chi connectivity index (χ0n) is 21.2. The van der Waals surface area contributed by atoms with Gasteiger partial charge in [0.2, 0.25) is 20.0 Å². The zero-order valence-corrected chi connectivity index (χ0v) is 22.9. The van der Waals surface area contributed by atoms with E-state index in [0.29, 0.717) is 5.56 Å². The summed E-state index contributed by atoms with van der Waals surface area (Å²) in [6, 6.07) is 12.6. The lowest BCUT2D eigenvalue weighted by Crippen LogP contribution is -2.50. The molecule has 0 amide bonds. The molecule has 1 aromatic heterocycles. The van der Waals surface area contributed by atoms with Crippen molar-refractivity contribution in [3.8, 4) is 16.9 Å². The first kappa shape index (κ1) is 28.1. The van der Waals surface area contributed by atoms with Gasteiger partial charge in [0.25, 0.3) is 0 Å². The van der Waals surface area contributed by atoms with E-state index in [4.69, 9.17) is 4.74 Å². The number of aliphatic hydroxyl groups is 1. The van der Waals surface area contributed by atoms with Crippen molar-refractivity contribution in [2.75, 3.05) is 26.7 Å². The summed E-state index contributed by atoms with van der Waals surface area (Å²) in [6.45, 7) is 2.76. The van der Waals surface area contributed by atoms with Gasteiger partial charge in [-0.05, 0) is 54.4 Å². The maximum Gasteiger partial charge on any atom is 0.247 e. The number of aromatic nitrogens is 1. The van der Waals surface area contributed by atoms with Gasteiger partial charge in [0.1, 0.15) is 27.5 Å². The third kappa shape index (κ3) is 5.45. The molecule has 0 saturated heterocycles. The Balaban J connectivity index is 1.78. The minimum Gasteiger partial charge on any atom is -0.487 e. The largest absolute Gasteiger partial charge is 0.487 e. The highest BCUT2D eigenvalue weighted by atomic mass is 32.2. The Labute approximate surface area is 222 Å². The van der Waals surface area contributed by atoms with E-state index in [1.807, 2.05) is 0 Å². The molecule has 1 aliphatic heterocycles. The van der Waals surface area contributed by atoms with E-state index in [9.17, 15) is 26.3 Å². The molecule has 0 fully saturated rings. The predicted molar refractivity (Wildman–Crippen MR) is 140 cm³/mol. The van der Waals surface area contributed by atoms with Crippen LogP contribution in [0.4, 0.5) is 4.39 Å². The topological polar surface area (TPSA) is 117 Å². The number of pyridine rings is 1. The molecule has 204 valence electrons. The predicted octanol–water partition coefficient (Wildman–Crippen LogP) is 2.98. The molecule has 3 aromatic rings. The molecule has 0 unspecified atom stereocenters. The molecule has 0 bridgehead atoms. The molecule has 12 heteroatoms. The molecule has 1 aliphatic rings. The van der Waals surface area contributed by atoms with Gasteiger partial charge in [0.15, 0.2) is 0 Å². The molecule has 2 heterocycles. The monoisotopic (exact) mass is 563 g/mol. The van der Waals surface area contributed by atoms with E-state index in [2.05, 4.69) is 4.98 Å². The SMILES string of the molecule is C[C@H](CO)N1C[C@H](C)[C@H](CN(C)S(=O)(=O)c2ccccc2F)Oc2cc(-c3ccncc3)ccc2S1(=O)=O. The van der Waals surface area contributed by atoms with Gasteiger partial charge in [-0.15, -0.1) is 0 Å². The van der Waals surface area contributed by atoms with Crippen molar-refractivity contribution in [2.45, 2.75) is 35.8 Å². The van der Waals surface area contributed by atoms with Crippen LogP contribution in [-0.4, -0.2) is 74.4 Å². The average molecular weight is 564 g/mol. The summed E-state index contributed by atoms with van der Waals surface area (Å²) in [6.07, 6.45) is 2.43. The number of nitrogens with zero attached hydrogens (tertiary/aromatic N) is 3. The molecule has 3 atom stereocenters. The Hall–Kier alpha value is -2.90. The van der Waals surface area contributed by atoms with E-state index in [-0.39, 0.29) is 23.7 Å². The van der Waals surface area contributed by atoms with Crippen LogP contribution in [0.5, 0.6) is 5.75 Å². The van der Waals surface area contributed by atoms with Gasteiger partial charge in [-0.3, -0.25) is 4.98 Å². The third-order valence-electron chi connectivity index (χ3n) is 6.64. The van der Waals surface area contributed by atoms with Crippen molar-refractivity contribution >= 4 is 20.0 Å². The lowest BCUT2D eigenvalue weighted by molar-refractivity contribution is 0.0904. The molecule has 38 heavy (non-hydrogen) atoms. The number of benzene rings is 2. The Bertz CT molecular complexity index is 1500. The van der Waals surface area contributed by atoms with Crippen molar-refractivity contribution < 1.29 is 31.1 Å². The van der Waals surface area contributed by atoms with Crippen LogP contribution in [0.2, 0.25) is 0 Å². The van der Waals surface area contributed by atoms with Gasteiger partial charge >= 0.3 is 0 Å². The van der Waals surface area contributed by atoms with Crippen LogP contribution in [0.3, 0.4) is 0 Å². The lowest BCUT2D eigenvalue weighted by Gasteiger charge is -2.37. The molecule has 1 N–H and O–H groups in total. The van der Waals surface area contributed by atoms with Crippen LogP contribution in [-0.2, 0) is 20.0 Å². The highest BCUT2D eigenvalue weighted by Gasteiger charge is 2.39.